The van der Waals surface area contributed by atoms with Crippen LogP contribution >= 0.6 is 0 Å². The van der Waals surface area contributed by atoms with Gasteiger partial charge in [0, 0.05) is 49.7 Å². The molecule has 9 nitrogen and oxygen atoms in total. The van der Waals surface area contributed by atoms with Gasteiger partial charge in [-0.3, -0.25) is 14.5 Å². The number of carbonyl (C=O) groups is 1. The van der Waals surface area contributed by atoms with Crippen molar-refractivity contribution >= 4 is 17.5 Å². The van der Waals surface area contributed by atoms with E-state index in [1.54, 1.807) is 38.8 Å². The molecule has 0 spiro atoms. The number of rotatable bonds is 4. The molecule has 1 aliphatic rings. The number of halogens is 1. The van der Waals surface area contributed by atoms with E-state index in [1.807, 2.05) is 38.4 Å². The average Bonchev–Trinajstić information content (AvgIpc) is 3.47. The molecule has 1 aliphatic heterocycles. The van der Waals surface area contributed by atoms with E-state index < -0.39 is 0 Å². The lowest BCUT2D eigenvalue weighted by molar-refractivity contribution is 0.0671. The monoisotopic (exact) mass is 482 g/mol. The second-order valence-electron chi connectivity index (χ2n) is 8.97. The van der Waals surface area contributed by atoms with Crippen LogP contribution in [0.25, 0.3) is 27.9 Å². The van der Waals surface area contributed by atoms with Crippen LogP contribution in [0.15, 0.2) is 61.2 Å². The summed E-state index contributed by atoms with van der Waals surface area (Å²) in [6, 6.07) is 9.93. The number of pyridine rings is 2. The first kappa shape index (κ1) is 21.9. The summed E-state index contributed by atoms with van der Waals surface area (Å²) in [6.07, 6.45) is 7.78. The van der Waals surface area contributed by atoms with Crippen LogP contribution in [0.2, 0.25) is 0 Å². The number of benzene rings is 1. The van der Waals surface area contributed by atoms with Crippen molar-refractivity contribution in [3.05, 3.63) is 83.8 Å². The number of carbonyl (C=O) groups excluding carboxylic acids is 1. The zero-order chi connectivity index (χ0) is 25.0. The van der Waals surface area contributed by atoms with Crippen LogP contribution < -0.4 is 5.73 Å². The van der Waals surface area contributed by atoms with Gasteiger partial charge in [0.15, 0.2) is 5.65 Å². The van der Waals surface area contributed by atoms with E-state index in [0.717, 1.165) is 33.5 Å². The highest BCUT2D eigenvalue weighted by Gasteiger charge is 2.31. The minimum Gasteiger partial charge on any atom is -0.366 e. The molecule has 36 heavy (non-hydrogen) atoms. The quantitative estimate of drug-likeness (QED) is 0.419. The summed E-state index contributed by atoms with van der Waals surface area (Å²) < 4.78 is 17.6. The Hall–Kier alpha value is -4.60. The molecule has 2 N–H and O–H groups in total. The summed E-state index contributed by atoms with van der Waals surface area (Å²) in [5, 5.41) is 8.35. The number of aryl methyl sites for hydroxylation is 1. The Kier molecular flexibility index (Phi) is 5.03. The molecule has 5 heterocycles. The van der Waals surface area contributed by atoms with Crippen molar-refractivity contribution in [1.29, 1.82) is 0 Å². The molecule has 1 aromatic carbocycles. The smallest absolute Gasteiger partial charge is 0.256 e. The first-order valence-electron chi connectivity index (χ1n) is 11.6. The normalized spacial score (nSPS) is 14.3. The van der Waals surface area contributed by atoms with Gasteiger partial charge in [-0.25, -0.2) is 8.91 Å². The van der Waals surface area contributed by atoms with Gasteiger partial charge in [0.2, 0.25) is 5.95 Å². The Balaban J connectivity index is 1.36. The Morgan fingerprint density at radius 1 is 1.06 bits per heavy atom. The van der Waals surface area contributed by atoms with Gasteiger partial charge in [0.05, 0.1) is 23.5 Å². The maximum absolute atomic E-state index is 14.3. The summed E-state index contributed by atoms with van der Waals surface area (Å²) in [7, 11) is 1.83. The molecule has 1 amide bonds. The Labute approximate surface area is 206 Å². The average molecular weight is 483 g/mol. The highest BCUT2D eigenvalue weighted by molar-refractivity contribution is 5.98. The lowest BCUT2D eigenvalue weighted by atomic mass is 9.93. The molecule has 0 saturated carbocycles. The van der Waals surface area contributed by atoms with E-state index in [2.05, 4.69) is 20.2 Å². The van der Waals surface area contributed by atoms with Gasteiger partial charge < -0.3 is 10.6 Å². The topological polar surface area (TPSA) is 107 Å². The fraction of sp³-hybridized carbons (Fsp3) is 0.192. The van der Waals surface area contributed by atoms with Crippen LogP contribution in [0.5, 0.6) is 0 Å². The molecule has 180 valence electrons. The molecule has 1 atom stereocenters. The zero-order valence-electron chi connectivity index (χ0n) is 19.8. The number of hydrogen-bond donors (Lipinski definition) is 1. The molecular formula is C26H23FN8O. The number of fused-ring (bicyclic) bond motifs is 2. The molecule has 0 aliphatic carbocycles. The zero-order valence-corrected chi connectivity index (χ0v) is 19.8. The number of aromatic nitrogens is 6. The van der Waals surface area contributed by atoms with Crippen LogP contribution in [0.3, 0.4) is 0 Å². The van der Waals surface area contributed by atoms with Gasteiger partial charge in [-0.2, -0.15) is 10.1 Å². The fourth-order valence-corrected chi connectivity index (χ4v) is 4.84. The highest BCUT2D eigenvalue weighted by Crippen LogP contribution is 2.35. The minimum atomic E-state index is -0.351. The van der Waals surface area contributed by atoms with Gasteiger partial charge in [0.25, 0.3) is 5.91 Å². The van der Waals surface area contributed by atoms with Crippen LogP contribution in [0.1, 0.15) is 34.6 Å². The second-order valence-corrected chi connectivity index (χ2v) is 8.97. The van der Waals surface area contributed by atoms with Crippen molar-refractivity contribution in [2.24, 2.45) is 7.05 Å². The summed E-state index contributed by atoms with van der Waals surface area (Å²) in [5.41, 5.74) is 11.7. The maximum atomic E-state index is 14.3. The predicted octanol–water partition coefficient (Wildman–Crippen LogP) is 3.67. The van der Waals surface area contributed by atoms with Crippen molar-refractivity contribution in [2.75, 3.05) is 12.3 Å². The van der Waals surface area contributed by atoms with Gasteiger partial charge in [-0.15, -0.1) is 5.10 Å². The van der Waals surface area contributed by atoms with E-state index in [-0.39, 0.29) is 23.7 Å². The summed E-state index contributed by atoms with van der Waals surface area (Å²) in [4.78, 5) is 24.3. The molecule has 4 aromatic heterocycles. The molecule has 0 bridgehead atoms. The standard InChI is InChI=1S/C26H23FN8O/c1-15(21-11-19(27)3-4-20(21)18-13-30-33(2)14-18)34-7-6-23-22(25(34)36)9-17(12-29-23)16-5-8-35-24(10-16)31-26(28)32-35/h3-5,8-15H,6-7H2,1-2H3,(H2,28,32)/t15-/m1/s1. The number of amides is 1. The lowest BCUT2D eigenvalue weighted by Crippen LogP contribution is -2.40. The fourth-order valence-electron chi connectivity index (χ4n) is 4.84. The Morgan fingerprint density at radius 3 is 2.72 bits per heavy atom. The molecule has 0 radical (unpaired) electrons. The number of anilines is 1. The van der Waals surface area contributed by atoms with Crippen LogP contribution in [-0.2, 0) is 13.5 Å². The lowest BCUT2D eigenvalue weighted by Gasteiger charge is -2.34. The summed E-state index contributed by atoms with van der Waals surface area (Å²) in [6.45, 7) is 2.42. The molecule has 5 aromatic rings. The maximum Gasteiger partial charge on any atom is 0.256 e. The van der Waals surface area contributed by atoms with Gasteiger partial charge in [-0.1, -0.05) is 6.07 Å². The van der Waals surface area contributed by atoms with Crippen molar-refractivity contribution in [1.82, 2.24) is 34.3 Å². The summed E-state index contributed by atoms with van der Waals surface area (Å²) in [5.74, 6) is -0.284. The Bertz CT molecular complexity index is 1640. The van der Waals surface area contributed by atoms with E-state index in [9.17, 15) is 9.18 Å². The third-order valence-corrected chi connectivity index (χ3v) is 6.69. The molecule has 0 saturated heterocycles. The summed E-state index contributed by atoms with van der Waals surface area (Å²) >= 11 is 0. The van der Waals surface area contributed by atoms with Gasteiger partial charge in [0.1, 0.15) is 5.82 Å². The van der Waals surface area contributed by atoms with E-state index in [4.69, 9.17) is 5.73 Å². The third kappa shape index (κ3) is 3.67. The third-order valence-electron chi connectivity index (χ3n) is 6.69. The van der Waals surface area contributed by atoms with Crippen molar-refractivity contribution in [3.63, 3.8) is 0 Å². The number of nitrogens with zero attached hydrogens (tertiary/aromatic N) is 7. The predicted molar refractivity (Wildman–Crippen MR) is 132 cm³/mol. The van der Waals surface area contributed by atoms with Crippen LogP contribution in [0, 0.1) is 5.82 Å². The highest BCUT2D eigenvalue weighted by atomic mass is 19.1. The van der Waals surface area contributed by atoms with Crippen LogP contribution in [-0.4, -0.2) is 46.7 Å². The largest absolute Gasteiger partial charge is 0.366 e. The van der Waals surface area contributed by atoms with E-state index >= 15 is 0 Å². The molecule has 6 rings (SSSR count). The first-order valence-corrected chi connectivity index (χ1v) is 11.6. The van der Waals surface area contributed by atoms with Gasteiger partial charge in [-0.05, 0) is 53.9 Å². The van der Waals surface area contributed by atoms with Crippen LogP contribution in [0.4, 0.5) is 10.3 Å². The van der Waals surface area contributed by atoms with Crippen molar-refractivity contribution < 1.29 is 9.18 Å². The molecular weight excluding hydrogens is 459 g/mol. The van der Waals surface area contributed by atoms with Crippen molar-refractivity contribution in [2.45, 2.75) is 19.4 Å². The molecule has 0 fully saturated rings. The SMILES string of the molecule is C[C@H](c1cc(F)ccc1-c1cnn(C)c1)N1CCc2ncc(-c3ccn4nc(N)nc4c3)cc2C1=O. The number of nitrogens with two attached hydrogens (primary N) is 1. The molecule has 0 unspecified atom stereocenters. The van der Waals surface area contributed by atoms with Gasteiger partial charge >= 0.3 is 0 Å². The van der Waals surface area contributed by atoms with E-state index in [1.165, 1.54) is 12.1 Å². The Morgan fingerprint density at radius 2 is 1.92 bits per heavy atom. The number of hydrogen-bond acceptors (Lipinski definition) is 6. The molecule has 10 heteroatoms. The van der Waals surface area contributed by atoms with E-state index in [0.29, 0.717) is 24.2 Å². The first-order chi connectivity index (χ1) is 17.4. The second kappa shape index (κ2) is 8.26. The minimum absolute atomic E-state index is 0.132. The van der Waals surface area contributed by atoms with Crippen molar-refractivity contribution in [3.8, 4) is 22.3 Å². The number of nitrogen functional groups attached to an aromatic ring is 1.